The van der Waals surface area contributed by atoms with E-state index in [4.69, 9.17) is 14.4 Å². The average Bonchev–Trinajstić information content (AvgIpc) is 3.82. The summed E-state index contributed by atoms with van der Waals surface area (Å²) in [6.07, 6.45) is 2.11. The van der Waals surface area contributed by atoms with Gasteiger partial charge in [0.15, 0.2) is 0 Å². The van der Waals surface area contributed by atoms with Crippen molar-refractivity contribution in [1.29, 1.82) is 0 Å². The van der Waals surface area contributed by atoms with Crippen molar-refractivity contribution in [2.45, 2.75) is 76.6 Å². The van der Waals surface area contributed by atoms with E-state index in [1.165, 1.54) is 37.9 Å². The van der Waals surface area contributed by atoms with Gasteiger partial charge >= 0.3 is 154 Å². The third kappa shape index (κ3) is 8.46. The van der Waals surface area contributed by atoms with Crippen LogP contribution in [-0.4, -0.2) is 27.8 Å². The number of para-hydroxylation sites is 4. The molecule has 9 aromatic rings. The molecular formula is C54H53GeIrN3O-2. The molecule has 6 aromatic carbocycles. The van der Waals surface area contributed by atoms with E-state index in [1.54, 1.807) is 0 Å². The maximum absolute atomic E-state index is 6.40. The Morgan fingerprint density at radius 3 is 2.00 bits per heavy atom. The van der Waals surface area contributed by atoms with Crippen molar-refractivity contribution in [3.05, 3.63) is 168 Å². The van der Waals surface area contributed by atoms with E-state index in [2.05, 4.69) is 173 Å². The van der Waals surface area contributed by atoms with Gasteiger partial charge in [0.05, 0.1) is 22.4 Å². The van der Waals surface area contributed by atoms with Crippen molar-refractivity contribution in [2.24, 2.45) is 0 Å². The van der Waals surface area contributed by atoms with Crippen LogP contribution in [0.25, 0.3) is 72.4 Å². The van der Waals surface area contributed by atoms with Crippen molar-refractivity contribution in [3.8, 4) is 39.5 Å². The third-order valence-corrected chi connectivity index (χ3v) is 15.5. The van der Waals surface area contributed by atoms with Gasteiger partial charge in [-0.1, -0.05) is 87.2 Å². The van der Waals surface area contributed by atoms with Crippen LogP contribution in [0.3, 0.4) is 0 Å². The molecule has 0 saturated carbocycles. The number of imidazole rings is 1. The van der Waals surface area contributed by atoms with E-state index in [-0.39, 0.29) is 20.1 Å². The number of benzene rings is 6. The molecule has 0 N–H and O–H groups in total. The summed E-state index contributed by atoms with van der Waals surface area (Å²) in [5.74, 6) is 9.44. The number of furan rings is 1. The largest absolute Gasteiger partial charge is 0.501 e. The number of rotatable bonds is 8. The molecule has 1 radical (unpaired) electrons. The molecule has 0 amide bonds. The molecule has 60 heavy (non-hydrogen) atoms. The van der Waals surface area contributed by atoms with Gasteiger partial charge in [0, 0.05) is 31.2 Å². The van der Waals surface area contributed by atoms with Crippen LogP contribution in [0, 0.1) is 12.1 Å². The molecule has 0 aliphatic heterocycles. The van der Waals surface area contributed by atoms with Crippen LogP contribution < -0.4 is 4.40 Å². The fourth-order valence-electron chi connectivity index (χ4n) is 8.09. The summed E-state index contributed by atoms with van der Waals surface area (Å²) >= 11 is -2.03. The molecule has 6 heteroatoms. The number of aromatic nitrogens is 3. The Morgan fingerprint density at radius 2 is 1.33 bits per heavy atom. The Hall–Kier alpha value is -5.07. The molecule has 9 rings (SSSR count). The first-order chi connectivity index (χ1) is 28.4. The Morgan fingerprint density at radius 1 is 0.650 bits per heavy atom. The van der Waals surface area contributed by atoms with Crippen LogP contribution in [0.5, 0.6) is 0 Å². The summed E-state index contributed by atoms with van der Waals surface area (Å²) in [6, 6.07) is 53.4. The number of fused-ring (bicyclic) bond motifs is 4. The maximum atomic E-state index is 6.40. The van der Waals surface area contributed by atoms with E-state index in [1.807, 2.05) is 42.5 Å². The zero-order valence-electron chi connectivity index (χ0n) is 36.1. The van der Waals surface area contributed by atoms with Crippen LogP contribution in [-0.2, 0) is 20.1 Å². The predicted molar refractivity (Wildman–Crippen MR) is 252 cm³/mol. The summed E-state index contributed by atoms with van der Waals surface area (Å²) in [5.41, 5.74) is 14.6. The van der Waals surface area contributed by atoms with Gasteiger partial charge in [-0.2, -0.15) is 0 Å². The molecule has 0 bridgehead atoms. The summed E-state index contributed by atoms with van der Waals surface area (Å²) in [7, 11) is 0. The number of hydrogen-bond donors (Lipinski definition) is 0. The Kier molecular flexibility index (Phi) is 12.8. The van der Waals surface area contributed by atoms with Gasteiger partial charge in [0.2, 0.25) is 0 Å². The molecule has 0 atom stereocenters. The summed E-state index contributed by atoms with van der Waals surface area (Å²) in [5, 5.41) is 2.20. The van der Waals surface area contributed by atoms with Crippen molar-refractivity contribution < 1.29 is 24.5 Å². The molecule has 0 saturated heterocycles. The molecule has 305 valence electrons. The molecule has 3 aromatic heterocycles. The zero-order chi connectivity index (χ0) is 41.4. The van der Waals surface area contributed by atoms with Crippen molar-refractivity contribution in [1.82, 2.24) is 14.5 Å². The van der Waals surface area contributed by atoms with Gasteiger partial charge in [0.1, 0.15) is 5.58 Å². The van der Waals surface area contributed by atoms with Crippen LogP contribution in [0.1, 0.15) is 76.0 Å². The quantitative estimate of drug-likeness (QED) is 0.113. The van der Waals surface area contributed by atoms with E-state index in [0.717, 1.165) is 55.6 Å². The topological polar surface area (TPSA) is 43.9 Å². The van der Waals surface area contributed by atoms with Crippen molar-refractivity contribution in [2.75, 3.05) is 0 Å². The van der Waals surface area contributed by atoms with E-state index in [0.29, 0.717) is 17.8 Å². The Balaban J connectivity index is 0.000000187. The first kappa shape index (κ1) is 43.0. The van der Waals surface area contributed by atoms with Crippen molar-refractivity contribution >= 4 is 50.6 Å². The van der Waals surface area contributed by atoms with Crippen LogP contribution >= 0.6 is 0 Å². The van der Waals surface area contributed by atoms with E-state index in [9.17, 15) is 0 Å². The molecule has 0 aliphatic rings. The van der Waals surface area contributed by atoms with Gasteiger partial charge in [0.25, 0.3) is 0 Å². The Labute approximate surface area is 371 Å². The molecule has 3 heterocycles. The Bertz CT molecular complexity index is 2870. The molecule has 0 aliphatic carbocycles. The second-order valence-corrected chi connectivity index (χ2v) is 28.0. The van der Waals surface area contributed by atoms with Crippen LogP contribution in [0.2, 0.25) is 17.3 Å². The first-order valence-corrected chi connectivity index (χ1v) is 28.3. The van der Waals surface area contributed by atoms with Gasteiger partial charge in [-0.15, -0.1) is 18.2 Å². The third-order valence-electron chi connectivity index (χ3n) is 11.3. The van der Waals surface area contributed by atoms with Crippen LogP contribution in [0.15, 0.2) is 144 Å². The molecule has 0 fully saturated rings. The monoisotopic (exact) mass is 1030 g/mol. The molecular weight excluding hydrogens is 971 g/mol. The predicted octanol–water partition coefficient (Wildman–Crippen LogP) is 14.5. The van der Waals surface area contributed by atoms with Gasteiger partial charge in [-0.3, -0.25) is 4.98 Å². The zero-order valence-corrected chi connectivity index (χ0v) is 40.6. The normalized spacial score (nSPS) is 11.7. The minimum absolute atomic E-state index is 0. The standard InChI is InChI=1S/C31H27N2O.C23H26GeN.Ir/c1-19(2)21-12-9-13-22(20(3)4)29(21)33-27-17-7-6-16-26(27)32-31(33)25-15-10-14-24-23-11-5-8-18-28(23)34-30(24)25;1-17(2)18-11-13-19(14-12-18)21-15-23(20-9-7-6-8-10-20)25-16-22(21)24(3,4)5;/h5-14,16-20H,1-4H3;6-9,11-17H,1-5H3;/q2*-1;. The van der Waals surface area contributed by atoms with Crippen molar-refractivity contribution in [3.63, 3.8) is 0 Å². The summed E-state index contributed by atoms with van der Waals surface area (Å²) < 4.78 is 10.2. The second-order valence-electron chi connectivity index (χ2n) is 17.5. The van der Waals surface area contributed by atoms with E-state index >= 15 is 0 Å². The number of hydrogen-bond acceptors (Lipinski definition) is 3. The fraction of sp³-hybridized carbons (Fsp3) is 0.222. The maximum Gasteiger partial charge on any atom is 0.120 e. The van der Waals surface area contributed by atoms with E-state index < -0.39 is 13.3 Å². The SMILES string of the molecule is CC(C)c1ccc(-c2cc(-c3[c-]cccc3)nc[c]2[Ge]([CH3])([CH3])[CH3])cc1.CC(C)c1cccc(C(C)C)c1-n1c(-c2[c-]ccc3c2oc2ccccc23)nc2ccccc21.[Ir]. The second kappa shape index (κ2) is 17.9. The van der Waals surface area contributed by atoms with Crippen LogP contribution in [0.4, 0.5) is 0 Å². The average molecular weight is 1020 g/mol. The minimum Gasteiger partial charge on any atom is -0.501 e. The number of nitrogens with zero attached hydrogens (tertiary/aromatic N) is 3. The molecule has 0 unspecified atom stereocenters. The minimum atomic E-state index is -2.03. The molecule has 0 spiro atoms. The van der Waals surface area contributed by atoms with Gasteiger partial charge < -0.3 is 8.98 Å². The first-order valence-electron chi connectivity index (χ1n) is 20.9. The van der Waals surface area contributed by atoms with Gasteiger partial charge in [-0.25, -0.2) is 0 Å². The summed E-state index contributed by atoms with van der Waals surface area (Å²) in [4.78, 5) is 9.92. The fourth-order valence-corrected chi connectivity index (χ4v) is 11.2. The van der Waals surface area contributed by atoms with Gasteiger partial charge in [-0.05, 0) is 41.2 Å². The molecule has 4 nitrogen and oxygen atoms in total. The number of pyridine rings is 1. The smallest absolute Gasteiger partial charge is 0.120 e. The summed E-state index contributed by atoms with van der Waals surface area (Å²) in [6.45, 7) is 13.5.